The van der Waals surface area contributed by atoms with Gasteiger partial charge in [0.05, 0.1) is 5.92 Å². The molecule has 2 unspecified atom stereocenters. The van der Waals surface area contributed by atoms with Gasteiger partial charge in [-0.25, -0.2) is 0 Å². The summed E-state index contributed by atoms with van der Waals surface area (Å²) in [5.41, 5.74) is -0.0640. The normalized spacial score (nSPS) is 30.6. The number of carboxylic acid groups (broad SMARTS) is 1. The fourth-order valence-electron chi connectivity index (χ4n) is 3.51. The fraction of sp³-hybridized carbons (Fsp3) is 0.867. The maximum absolute atomic E-state index is 12.3. The summed E-state index contributed by atoms with van der Waals surface area (Å²) in [7, 11) is 0. The molecule has 0 bridgehead atoms. The number of aliphatic carboxylic acids is 1. The lowest BCUT2D eigenvalue weighted by Crippen LogP contribution is -2.50. The Morgan fingerprint density at radius 2 is 1.68 bits per heavy atom. The highest BCUT2D eigenvalue weighted by molar-refractivity contribution is 5.80. The molecule has 2 rings (SSSR count). The van der Waals surface area contributed by atoms with Gasteiger partial charge in [0.15, 0.2) is 0 Å². The van der Waals surface area contributed by atoms with Crippen LogP contribution >= 0.6 is 0 Å². The van der Waals surface area contributed by atoms with Crippen LogP contribution in [0, 0.1) is 11.8 Å². The van der Waals surface area contributed by atoms with Crippen LogP contribution in [0.4, 0.5) is 0 Å². The van der Waals surface area contributed by atoms with Crippen molar-refractivity contribution in [1.29, 1.82) is 0 Å². The SMILES string of the molecule is CC1(NC(=O)C2CCCC(C(=O)O)C2)CCCCC1. The molecule has 4 heteroatoms. The summed E-state index contributed by atoms with van der Waals surface area (Å²) in [6, 6.07) is 0. The van der Waals surface area contributed by atoms with Gasteiger partial charge in [0.2, 0.25) is 5.91 Å². The van der Waals surface area contributed by atoms with Crippen molar-refractivity contribution in [2.75, 3.05) is 0 Å². The van der Waals surface area contributed by atoms with Gasteiger partial charge in [-0.05, 0) is 39.0 Å². The zero-order valence-corrected chi connectivity index (χ0v) is 11.8. The van der Waals surface area contributed by atoms with E-state index in [1.165, 1.54) is 19.3 Å². The molecule has 0 spiro atoms. The molecule has 0 aliphatic heterocycles. The number of hydrogen-bond donors (Lipinski definition) is 2. The van der Waals surface area contributed by atoms with Crippen LogP contribution in [0.15, 0.2) is 0 Å². The molecule has 0 radical (unpaired) electrons. The van der Waals surface area contributed by atoms with Gasteiger partial charge < -0.3 is 10.4 Å². The van der Waals surface area contributed by atoms with Gasteiger partial charge in [0.1, 0.15) is 0 Å². The quantitative estimate of drug-likeness (QED) is 0.826. The van der Waals surface area contributed by atoms with Gasteiger partial charge >= 0.3 is 5.97 Å². The standard InChI is InChI=1S/C15H25NO3/c1-15(8-3-2-4-9-15)16-13(17)11-6-5-7-12(10-11)14(18)19/h11-12H,2-10H2,1H3,(H,16,17)(H,18,19). The van der Waals surface area contributed by atoms with E-state index in [-0.39, 0.29) is 23.3 Å². The molecule has 0 saturated heterocycles. The first-order chi connectivity index (χ1) is 9.00. The van der Waals surface area contributed by atoms with Crippen LogP contribution in [0.3, 0.4) is 0 Å². The average Bonchev–Trinajstić information content (AvgIpc) is 2.39. The molecule has 0 heterocycles. The van der Waals surface area contributed by atoms with Crippen LogP contribution < -0.4 is 5.32 Å². The van der Waals surface area contributed by atoms with Crippen molar-refractivity contribution in [3.8, 4) is 0 Å². The number of carboxylic acids is 1. The van der Waals surface area contributed by atoms with Crippen LogP contribution in [0.2, 0.25) is 0 Å². The second-order valence-electron chi connectivity index (χ2n) is 6.51. The highest BCUT2D eigenvalue weighted by Crippen LogP contribution is 2.32. The molecule has 19 heavy (non-hydrogen) atoms. The Hall–Kier alpha value is -1.06. The highest BCUT2D eigenvalue weighted by atomic mass is 16.4. The number of carbonyl (C=O) groups excluding carboxylic acids is 1. The minimum absolute atomic E-state index is 0.0640. The Labute approximate surface area is 115 Å². The van der Waals surface area contributed by atoms with Crippen molar-refractivity contribution in [3.05, 3.63) is 0 Å². The van der Waals surface area contributed by atoms with Gasteiger partial charge in [-0.15, -0.1) is 0 Å². The maximum atomic E-state index is 12.3. The van der Waals surface area contributed by atoms with Crippen LogP contribution in [-0.2, 0) is 9.59 Å². The predicted molar refractivity (Wildman–Crippen MR) is 72.7 cm³/mol. The van der Waals surface area contributed by atoms with E-state index in [2.05, 4.69) is 12.2 Å². The minimum atomic E-state index is -0.749. The Balaban J connectivity index is 1.90. The molecule has 0 aromatic rings. The summed E-state index contributed by atoms with van der Waals surface area (Å²) in [5.74, 6) is -1.10. The molecular weight excluding hydrogens is 242 g/mol. The van der Waals surface area contributed by atoms with E-state index in [4.69, 9.17) is 5.11 Å². The van der Waals surface area contributed by atoms with E-state index in [0.29, 0.717) is 6.42 Å². The molecular formula is C15H25NO3. The monoisotopic (exact) mass is 267 g/mol. The van der Waals surface area contributed by atoms with Crippen molar-refractivity contribution in [2.45, 2.75) is 70.3 Å². The number of carbonyl (C=O) groups is 2. The Morgan fingerprint density at radius 3 is 2.32 bits per heavy atom. The lowest BCUT2D eigenvalue weighted by Gasteiger charge is -2.37. The predicted octanol–water partition coefficient (Wildman–Crippen LogP) is 2.72. The summed E-state index contributed by atoms with van der Waals surface area (Å²) >= 11 is 0. The number of rotatable bonds is 3. The lowest BCUT2D eigenvalue weighted by molar-refractivity contribution is -0.144. The first-order valence-corrected chi connectivity index (χ1v) is 7.55. The summed E-state index contributed by atoms with van der Waals surface area (Å²) in [6.45, 7) is 2.13. The van der Waals surface area contributed by atoms with E-state index < -0.39 is 5.97 Å². The molecule has 108 valence electrons. The van der Waals surface area contributed by atoms with Crippen molar-refractivity contribution in [2.24, 2.45) is 11.8 Å². The third-order valence-electron chi connectivity index (χ3n) is 4.78. The van der Waals surface area contributed by atoms with Crippen LogP contribution in [0.1, 0.15) is 64.7 Å². The van der Waals surface area contributed by atoms with Crippen LogP contribution in [0.25, 0.3) is 0 Å². The maximum Gasteiger partial charge on any atom is 0.306 e. The fourth-order valence-corrected chi connectivity index (χ4v) is 3.51. The summed E-state index contributed by atoms with van der Waals surface area (Å²) in [4.78, 5) is 23.4. The molecule has 1 amide bonds. The topological polar surface area (TPSA) is 66.4 Å². The minimum Gasteiger partial charge on any atom is -0.481 e. The number of nitrogens with one attached hydrogen (secondary N) is 1. The number of hydrogen-bond acceptors (Lipinski definition) is 2. The van der Waals surface area contributed by atoms with Crippen molar-refractivity contribution >= 4 is 11.9 Å². The zero-order chi connectivity index (χ0) is 13.9. The first kappa shape index (κ1) is 14.4. The lowest BCUT2D eigenvalue weighted by atomic mass is 9.79. The summed E-state index contributed by atoms with van der Waals surface area (Å²) < 4.78 is 0. The van der Waals surface area contributed by atoms with Gasteiger partial charge in [-0.2, -0.15) is 0 Å². The third-order valence-corrected chi connectivity index (χ3v) is 4.78. The second-order valence-corrected chi connectivity index (χ2v) is 6.51. The molecule has 2 saturated carbocycles. The van der Waals surface area contributed by atoms with Gasteiger partial charge in [-0.3, -0.25) is 9.59 Å². The van der Waals surface area contributed by atoms with E-state index in [9.17, 15) is 9.59 Å². The molecule has 2 fully saturated rings. The third kappa shape index (κ3) is 3.71. The van der Waals surface area contributed by atoms with Crippen LogP contribution in [-0.4, -0.2) is 22.5 Å². The Bertz CT molecular complexity index is 347. The van der Waals surface area contributed by atoms with Gasteiger partial charge in [-0.1, -0.05) is 25.7 Å². The molecule has 0 aromatic carbocycles. The van der Waals surface area contributed by atoms with Gasteiger partial charge in [0.25, 0.3) is 0 Å². The highest BCUT2D eigenvalue weighted by Gasteiger charge is 2.35. The molecule has 2 aliphatic carbocycles. The second kappa shape index (κ2) is 5.93. The van der Waals surface area contributed by atoms with E-state index in [1.807, 2.05) is 0 Å². The van der Waals surface area contributed by atoms with Gasteiger partial charge in [0, 0.05) is 11.5 Å². The molecule has 2 aliphatic rings. The van der Waals surface area contributed by atoms with E-state index in [0.717, 1.165) is 32.1 Å². The molecule has 2 N–H and O–H groups in total. The average molecular weight is 267 g/mol. The smallest absolute Gasteiger partial charge is 0.306 e. The molecule has 4 nitrogen and oxygen atoms in total. The summed E-state index contributed by atoms with van der Waals surface area (Å²) in [6.07, 6.45) is 8.64. The zero-order valence-electron chi connectivity index (χ0n) is 11.8. The van der Waals surface area contributed by atoms with Crippen molar-refractivity contribution in [3.63, 3.8) is 0 Å². The van der Waals surface area contributed by atoms with E-state index >= 15 is 0 Å². The Kier molecular flexibility index (Phi) is 4.48. The van der Waals surface area contributed by atoms with E-state index in [1.54, 1.807) is 0 Å². The van der Waals surface area contributed by atoms with Crippen LogP contribution in [0.5, 0.6) is 0 Å². The number of amides is 1. The van der Waals surface area contributed by atoms with Crippen molar-refractivity contribution in [1.82, 2.24) is 5.32 Å². The van der Waals surface area contributed by atoms with Crippen molar-refractivity contribution < 1.29 is 14.7 Å². The first-order valence-electron chi connectivity index (χ1n) is 7.55. The Morgan fingerprint density at radius 1 is 1.05 bits per heavy atom. The molecule has 0 aromatic heterocycles. The largest absolute Gasteiger partial charge is 0.481 e. The summed E-state index contributed by atoms with van der Waals surface area (Å²) in [5, 5.41) is 12.3. The molecule has 2 atom stereocenters.